The van der Waals surface area contributed by atoms with Gasteiger partial charge in [0.25, 0.3) is 0 Å². The molecule has 4 aromatic rings. The molecule has 3 aromatic carbocycles. The lowest BCUT2D eigenvalue weighted by Crippen LogP contribution is -2.00. The van der Waals surface area contributed by atoms with Gasteiger partial charge in [-0.25, -0.2) is 4.98 Å². The zero-order valence-corrected chi connectivity index (χ0v) is 18.4. The number of nitrogens with two attached hydrogens (primary N) is 1. The zero-order valence-electron chi connectivity index (χ0n) is 18.4. The Morgan fingerprint density at radius 2 is 1.55 bits per heavy atom. The maximum atomic E-state index is 9.71. The van der Waals surface area contributed by atoms with Crippen LogP contribution >= 0.6 is 0 Å². The van der Waals surface area contributed by atoms with E-state index in [2.05, 4.69) is 11.1 Å². The molecule has 0 radical (unpaired) electrons. The second-order valence-corrected chi connectivity index (χ2v) is 7.30. The molecule has 1 heterocycles. The minimum absolute atomic E-state index is 0.171. The van der Waals surface area contributed by atoms with Gasteiger partial charge >= 0.3 is 0 Å². The fraction of sp³-hybridized carbons (Fsp3) is 0.111. The highest BCUT2D eigenvalue weighted by atomic mass is 16.5. The van der Waals surface area contributed by atoms with Crippen LogP contribution in [0.2, 0.25) is 0 Å². The number of benzene rings is 3. The van der Waals surface area contributed by atoms with E-state index in [1.165, 1.54) is 0 Å². The van der Waals surface area contributed by atoms with E-state index in [9.17, 15) is 5.26 Å². The van der Waals surface area contributed by atoms with E-state index in [-0.39, 0.29) is 5.82 Å². The topological polar surface area (TPSA) is 90.4 Å². The highest BCUT2D eigenvalue weighted by molar-refractivity contribution is 5.80. The highest BCUT2D eigenvalue weighted by Gasteiger charge is 2.15. The summed E-state index contributed by atoms with van der Waals surface area (Å²) in [5.74, 6) is 2.11. The van der Waals surface area contributed by atoms with E-state index >= 15 is 0 Å². The van der Waals surface area contributed by atoms with E-state index in [1.807, 2.05) is 78.9 Å². The Bertz CT molecular complexity index is 1300. The molecular weight excluding hydrogens is 414 g/mol. The van der Waals surface area contributed by atoms with E-state index in [4.69, 9.17) is 19.9 Å². The summed E-state index contributed by atoms with van der Waals surface area (Å²) in [5, 5.41) is 9.71. The Morgan fingerprint density at radius 1 is 0.848 bits per heavy atom. The number of anilines is 1. The first-order chi connectivity index (χ1) is 16.1. The molecule has 6 heteroatoms. The average molecular weight is 437 g/mol. The van der Waals surface area contributed by atoms with Crippen molar-refractivity contribution in [1.82, 2.24) is 4.98 Å². The lowest BCUT2D eigenvalue weighted by Gasteiger charge is -2.13. The third kappa shape index (κ3) is 4.73. The monoisotopic (exact) mass is 437 g/mol. The third-order valence-corrected chi connectivity index (χ3v) is 5.25. The van der Waals surface area contributed by atoms with E-state index in [1.54, 1.807) is 14.2 Å². The Morgan fingerprint density at radius 3 is 2.21 bits per heavy atom. The van der Waals surface area contributed by atoms with Gasteiger partial charge in [0.15, 0.2) is 11.5 Å². The molecule has 0 saturated heterocycles. The molecule has 4 rings (SSSR count). The second-order valence-electron chi connectivity index (χ2n) is 7.30. The number of nitriles is 1. The standard InChI is InChI=1S/C27H23N3O3/c1-31-25-13-10-20(14-26(25)32-2)24-15-22(23(16-28)27(29)30-24)19-8-11-21(12-9-19)33-17-18-6-4-3-5-7-18/h3-15H,17H2,1-2H3,(H2,29,30). The van der Waals surface area contributed by atoms with Crippen LogP contribution < -0.4 is 19.9 Å². The predicted octanol–water partition coefficient (Wildman–Crippen LogP) is 5.47. The van der Waals surface area contributed by atoms with Crippen molar-refractivity contribution >= 4 is 5.82 Å². The summed E-state index contributed by atoms with van der Waals surface area (Å²) in [7, 11) is 3.16. The van der Waals surface area contributed by atoms with Gasteiger partial charge in [0.05, 0.1) is 19.9 Å². The molecule has 164 valence electrons. The molecule has 0 unspecified atom stereocenters. The van der Waals surface area contributed by atoms with E-state index < -0.39 is 0 Å². The molecule has 0 bridgehead atoms. The van der Waals surface area contributed by atoms with Gasteiger partial charge in [-0.05, 0) is 47.5 Å². The van der Waals surface area contributed by atoms with Gasteiger partial charge < -0.3 is 19.9 Å². The Kier molecular flexibility index (Phi) is 6.42. The van der Waals surface area contributed by atoms with Crippen molar-refractivity contribution in [2.24, 2.45) is 0 Å². The molecule has 0 atom stereocenters. The van der Waals surface area contributed by atoms with Crippen molar-refractivity contribution < 1.29 is 14.2 Å². The molecule has 0 saturated carbocycles. The number of ether oxygens (including phenoxy) is 3. The third-order valence-electron chi connectivity index (χ3n) is 5.25. The van der Waals surface area contributed by atoms with Crippen molar-refractivity contribution in [3.8, 4) is 45.7 Å². The second kappa shape index (κ2) is 9.75. The van der Waals surface area contributed by atoms with Crippen LogP contribution in [0.4, 0.5) is 5.82 Å². The predicted molar refractivity (Wildman–Crippen MR) is 128 cm³/mol. The molecule has 6 nitrogen and oxygen atoms in total. The SMILES string of the molecule is COc1ccc(-c2cc(-c3ccc(OCc4ccccc4)cc3)c(C#N)c(N)n2)cc1OC. The maximum Gasteiger partial charge on any atom is 0.161 e. The number of methoxy groups -OCH3 is 2. The number of rotatable bonds is 7. The summed E-state index contributed by atoms with van der Waals surface area (Å²) in [4.78, 5) is 4.45. The molecule has 0 aliphatic rings. The van der Waals surface area contributed by atoms with Crippen LogP contribution in [0, 0.1) is 11.3 Å². The first kappa shape index (κ1) is 21.7. The van der Waals surface area contributed by atoms with Crippen molar-refractivity contribution in [2.75, 3.05) is 20.0 Å². The van der Waals surface area contributed by atoms with Gasteiger partial charge in [-0.1, -0.05) is 42.5 Å². The van der Waals surface area contributed by atoms with Crippen molar-refractivity contribution in [2.45, 2.75) is 6.61 Å². The highest BCUT2D eigenvalue weighted by Crippen LogP contribution is 2.35. The number of aromatic nitrogens is 1. The summed E-state index contributed by atoms with van der Waals surface area (Å²) in [6, 6.07) is 27.1. The van der Waals surface area contributed by atoms with E-state index in [0.717, 1.165) is 22.4 Å². The summed E-state index contributed by atoms with van der Waals surface area (Å²) in [6.45, 7) is 0.481. The molecular formula is C27H23N3O3. The summed E-state index contributed by atoms with van der Waals surface area (Å²) < 4.78 is 16.6. The quantitative estimate of drug-likeness (QED) is 0.413. The van der Waals surface area contributed by atoms with Crippen LogP contribution in [-0.4, -0.2) is 19.2 Å². The van der Waals surface area contributed by atoms with E-state index in [0.29, 0.717) is 34.9 Å². The molecule has 0 fully saturated rings. The molecule has 0 spiro atoms. The van der Waals surface area contributed by atoms with Gasteiger partial charge in [0, 0.05) is 11.1 Å². The average Bonchev–Trinajstić information content (AvgIpc) is 2.87. The Balaban J connectivity index is 1.66. The molecule has 0 aliphatic heterocycles. The number of pyridine rings is 1. The first-order valence-corrected chi connectivity index (χ1v) is 10.3. The summed E-state index contributed by atoms with van der Waals surface area (Å²) in [6.07, 6.45) is 0. The van der Waals surface area contributed by atoms with Gasteiger partial charge in [-0.2, -0.15) is 5.26 Å². The van der Waals surface area contributed by atoms with Crippen molar-refractivity contribution in [3.63, 3.8) is 0 Å². The van der Waals surface area contributed by atoms with Gasteiger partial charge in [0.1, 0.15) is 29.8 Å². The zero-order chi connectivity index (χ0) is 23.2. The first-order valence-electron chi connectivity index (χ1n) is 10.3. The summed E-state index contributed by atoms with van der Waals surface area (Å²) >= 11 is 0. The number of nitrogen functional groups attached to an aromatic ring is 1. The van der Waals surface area contributed by atoms with Crippen LogP contribution in [-0.2, 0) is 6.61 Å². The van der Waals surface area contributed by atoms with Gasteiger partial charge in [0.2, 0.25) is 0 Å². The molecule has 2 N–H and O–H groups in total. The minimum atomic E-state index is 0.171. The van der Waals surface area contributed by atoms with Crippen LogP contribution in [0.5, 0.6) is 17.2 Å². The molecule has 0 aliphatic carbocycles. The smallest absolute Gasteiger partial charge is 0.161 e. The van der Waals surface area contributed by atoms with Crippen molar-refractivity contribution in [3.05, 3.63) is 90.0 Å². The lowest BCUT2D eigenvalue weighted by molar-refractivity contribution is 0.306. The Hall–Kier alpha value is -4.50. The minimum Gasteiger partial charge on any atom is -0.493 e. The number of hydrogen-bond donors (Lipinski definition) is 1. The van der Waals surface area contributed by atoms with Crippen LogP contribution in [0.1, 0.15) is 11.1 Å². The van der Waals surface area contributed by atoms with Gasteiger partial charge in [-0.15, -0.1) is 0 Å². The number of hydrogen-bond acceptors (Lipinski definition) is 6. The normalized spacial score (nSPS) is 10.3. The maximum absolute atomic E-state index is 9.71. The Labute approximate surface area is 192 Å². The fourth-order valence-electron chi connectivity index (χ4n) is 3.53. The number of nitrogens with zero attached hydrogens (tertiary/aromatic N) is 2. The fourth-order valence-corrected chi connectivity index (χ4v) is 3.53. The van der Waals surface area contributed by atoms with Gasteiger partial charge in [-0.3, -0.25) is 0 Å². The van der Waals surface area contributed by atoms with Crippen LogP contribution in [0.3, 0.4) is 0 Å². The molecule has 1 aromatic heterocycles. The van der Waals surface area contributed by atoms with Crippen LogP contribution in [0.25, 0.3) is 22.4 Å². The van der Waals surface area contributed by atoms with Crippen molar-refractivity contribution in [1.29, 1.82) is 5.26 Å². The van der Waals surface area contributed by atoms with Crippen LogP contribution in [0.15, 0.2) is 78.9 Å². The lowest BCUT2D eigenvalue weighted by atomic mass is 9.98. The largest absolute Gasteiger partial charge is 0.493 e. The summed E-state index contributed by atoms with van der Waals surface area (Å²) in [5.41, 5.74) is 10.6. The molecule has 33 heavy (non-hydrogen) atoms. The molecule has 0 amide bonds.